The van der Waals surface area contributed by atoms with Gasteiger partial charge in [0.05, 0.1) is 50.5 Å². The molecule has 9 nitrogen and oxygen atoms in total. The molecule has 0 heterocycles. The molecule has 1 atom stereocenters. The predicted octanol–water partition coefficient (Wildman–Crippen LogP) is 1.31. The number of hydrogen-bond acceptors (Lipinski definition) is 9. The Kier molecular flexibility index (Phi) is 18.0. The molecule has 0 aromatic rings. The van der Waals surface area contributed by atoms with E-state index in [0.717, 1.165) is 6.42 Å². The van der Waals surface area contributed by atoms with Gasteiger partial charge in [0, 0.05) is 0 Å². The first-order chi connectivity index (χ1) is 14.0. The summed E-state index contributed by atoms with van der Waals surface area (Å²) >= 11 is 0. The zero-order valence-electron chi connectivity index (χ0n) is 19.4. The minimum absolute atomic E-state index is 0.0176. The summed E-state index contributed by atoms with van der Waals surface area (Å²) in [5, 5.41) is 25.8. The molecule has 0 aromatic carbocycles. The molecule has 0 saturated carbocycles. The molecule has 180 valence electrons. The van der Waals surface area contributed by atoms with Crippen molar-refractivity contribution in [2.24, 2.45) is 10.8 Å². The fourth-order valence-electron chi connectivity index (χ4n) is 1.48. The van der Waals surface area contributed by atoms with Gasteiger partial charge in [-0.3, -0.25) is 9.59 Å². The van der Waals surface area contributed by atoms with Crippen LogP contribution in [0.5, 0.6) is 0 Å². The van der Waals surface area contributed by atoms with Gasteiger partial charge in [-0.2, -0.15) is 0 Å². The third-order valence-electron chi connectivity index (χ3n) is 4.56. The van der Waals surface area contributed by atoms with Gasteiger partial charge in [-0.25, -0.2) is 0 Å². The molecule has 30 heavy (non-hydrogen) atoms. The highest BCUT2D eigenvalue weighted by Gasteiger charge is 2.27. The van der Waals surface area contributed by atoms with Gasteiger partial charge >= 0.3 is 11.9 Å². The number of aliphatic hydroxyl groups excluding tert-OH is 3. The van der Waals surface area contributed by atoms with Gasteiger partial charge < -0.3 is 34.3 Å². The van der Waals surface area contributed by atoms with Crippen LogP contribution in [0.3, 0.4) is 0 Å². The zero-order chi connectivity index (χ0) is 23.6. The van der Waals surface area contributed by atoms with Crippen LogP contribution in [-0.2, 0) is 28.5 Å². The molecule has 0 aromatic heterocycles. The molecule has 0 radical (unpaired) electrons. The van der Waals surface area contributed by atoms with Crippen molar-refractivity contribution in [3.05, 3.63) is 0 Å². The molecule has 0 rings (SSSR count). The van der Waals surface area contributed by atoms with Gasteiger partial charge in [0.25, 0.3) is 0 Å². The molecule has 0 bridgehead atoms. The van der Waals surface area contributed by atoms with Gasteiger partial charge in [-0.15, -0.1) is 0 Å². The van der Waals surface area contributed by atoms with Crippen molar-refractivity contribution in [3.63, 3.8) is 0 Å². The average Bonchev–Trinajstić information content (AvgIpc) is 2.73. The Labute approximate surface area is 180 Å². The first kappa shape index (κ1) is 30.9. The number of rotatable bonds is 15. The van der Waals surface area contributed by atoms with Gasteiger partial charge in [0.2, 0.25) is 0 Å². The number of hydrogen-bond donors (Lipinski definition) is 3. The molecule has 0 amide bonds. The third kappa shape index (κ3) is 15.6. The van der Waals surface area contributed by atoms with Gasteiger partial charge in [0.1, 0.15) is 19.3 Å². The Hall–Kier alpha value is -1.26. The Morgan fingerprint density at radius 2 is 1.20 bits per heavy atom. The lowest BCUT2D eigenvalue weighted by Crippen LogP contribution is -2.30. The molecule has 0 spiro atoms. The van der Waals surface area contributed by atoms with Crippen molar-refractivity contribution < 1.29 is 43.9 Å². The summed E-state index contributed by atoms with van der Waals surface area (Å²) in [4.78, 5) is 22.8. The summed E-state index contributed by atoms with van der Waals surface area (Å²) in [6.07, 6.45) is 0.458. The minimum atomic E-state index is -0.975. The maximum atomic E-state index is 11.5. The van der Waals surface area contributed by atoms with E-state index in [2.05, 4.69) is 0 Å². The molecule has 0 fully saturated rings. The lowest BCUT2D eigenvalue weighted by molar-refractivity contribution is -0.158. The second-order valence-corrected chi connectivity index (χ2v) is 7.99. The lowest BCUT2D eigenvalue weighted by atomic mass is 9.91. The van der Waals surface area contributed by atoms with Crippen molar-refractivity contribution in [2.75, 3.05) is 52.9 Å². The van der Waals surface area contributed by atoms with Crippen molar-refractivity contribution in [3.8, 4) is 0 Å². The van der Waals surface area contributed by atoms with Crippen LogP contribution in [0.25, 0.3) is 0 Å². The highest BCUT2D eigenvalue weighted by atomic mass is 16.6. The molecule has 0 saturated heterocycles. The summed E-state index contributed by atoms with van der Waals surface area (Å²) in [6.45, 7) is 12.4. The fourth-order valence-corrected chi connectivity index (χ4v) is 1.48. The van der Waals surface area contributed by atoms with E-state index in [0.29, 0.717) is 32.8 Å². The van der Waals surface area contributed by atoms with E-state index in [4.69, 9.17) is 34.3 Å². The molecule has 1 unspecified atom stereocenters. The fraction of sp³-hybridized carbons (Fsp3) is 0.905. The van der Waals surface area contributed by atoms with Crippen LogP contribution >= 0.6 is 0 Å². The van der Waals surface area contributed by atoms with Crippen LogP contribution in [0.1, 0.15) is 54.4 Å². The SMILES string of the molecule is CCC(C)(C)C(=O)OCC(O)CO.CCC(C)(C)C(=O)OCCOCCOCCO. The summed E-state index contributed by atoms with van der Waals surface area (Å²) in [5.41, 5.74) is -0.945. The quantitative estimate of drug-likeness (QED) is 0.256. The second kappa shape index (κ2) is 17.4. The monoisotopic (exact) mass is 438 g/mol. The van der Waals surface area contributed by atoms with Crippen LogP contribution in [0, 0.1) is 10.8 Å². The maximum Gasteiger partial charge on any atom is 0.311 e. The van der Waals surface area contributed by atoms with Crippen molar-refractivity contribution in [1.29, 1.82) is 0 Å². The van der Waals surface area contributed by atoms with E-state index >= 15 is 0 Å². The highest BCUT2D eigenvalue weighted by molar-refractivity contribution is 5.76. The van der Waals surface area contributed by atoms with Crippen molar-refractivity contribution >= 4 is 11.9 Å². The largest absolute Gasteiger partial charge is 0.463 e. The Balaban J connectivity index is 0. The van der Waals surface area contributed by atoms with Gasteiger partial charge in [0.15, 0.2) is 0 Å². The first-order valence-corrected chi connectivity index (χ1v) is 10.4. The van der Waals surface area contributed by atoms with Crippen molar-refractivity contribution in [1.82, 2.24) is 0 Å². The molecular formula is C21H42O9. The number of esters is 2. The number of carbonyl (C=O) groups excluding carboxylic acids is 2. The Morgan fingerprint density at radius 3 is 1.63 bits per heavy atom. The topological polar surface area (TPSA) is 132 Å². The zero-order valence-corrected chi connectivity index (χ0v) is 19.4. The average molecular weight is 439 g/mol. The van der Waals surface area contributed by atoms with Crippen LogP contribution in [0.2, 0.25) is 0 Å². The number of carbonyl (C=O) groups is 2. The normalized spacial score (nSPS) is 12.6. The minimum Gasteiger partial charge on any atom is -0.463 e. The summed E-state index contributed by atoms with van der Waals surface area (Å²) in [5.74, 6) is -0.539. The third-order valence-corrected chi connectivity index (χ3v) is 4.56. The van der Waals surface area contributed by atoms with E-state index in [1.165, 1.54) is 0 Å². The Bertz CT molecular complexity index is 450. The van der Waals surface area contributed by atoms with E-state index in [1.54, 1.807) is 13.8 Å². The maximum absolute atomic E-state index is 11.5. The molecule has 9 heteroatoms. The standard InChI is InChI=1S/C12H24O5.C9H18O4/c1-4-12(2,3)11(14)17-10-9-16-8-7-15-6-5-13;1-4-9(2,3)8(12)13-6-7(11)5-10/h13H,4-10H2,1-3H3;7,10-11H,4-6H2,1-3H3. The number of ether oxygens (including phenoxy) is 4. The van der Waals surface area contributed by atoms with E-state index in [9.17, 15) is 9.59 Å². The van der Waals surface area contributed by atoms with Crippen LogP contribution in [-0.4, -0.2) is 86.2 Å². The summed E-state index contributed by atoms with van der Waals surface area (Å²) < 4.78 is 20.1. The molecule has 0 aliphatic heterocycles. The summed E-state index contributed by atoms with van der Waals surface area (Å²) in [6, 6.07) is 0. The number of aliphatic hydroxyl groups is 3. The van der Waals surface area contributed by atoms with E-state index in [1.807, 2.05) is 27.7 Å². The molecular weight excluding hydrogens is 396 g/mol. The van der Waals surface area contributed by atoms with Gasteiger partial charge in [-0.1, -0.05) is 13.8 Å². The lowest BCUT2D eigenvalue weighted by Gasteiger charge is -2.21. The molecule has 3 N–H and O–H groups in total. The summed E-state index contributed by atoms with van der Waals surface area (Å²) in [7, 11) is 0. The molecule has 0 aliphatic rings. The molecule has 0 aliphatic carbocycles. The smallest absolute Gasteiger partial charge is 0.311 e. The predicted molar refractivity (Wildman–Crippen MR) is 112 cm³/mol. The Morgan fingerprint density at radius 1 is 0.767 bits per heavy atom. The second-order valence-electron chi connectivity index (χ2n) is 7.99. The van der Waals surface area contributed by atoms with Crippen LogP contribution < -0.4 is 0 Å². The highest BCUT2D eigenvalue weighted by Crippen LogP contribution is 2.21. The van der Waals surface area contributed by atoms with Crippen molar-refractivity contribution in [2.45, 2.75) is 60.5 Å². The van der Waals surface area contributed by atoms with Gasteiger partial charge in [-0.05, 0) is 40.5 Å². The van der Waals surface area contributed by atoms with E-state index in [-0.39, 0.29) is 38.4 Å². The van der Waals surface area contributed by atoms with E-state index < -0.39 is 16.9 Å². The van der Waals surface area contributed by atoms with Crippen LogP contribution in [0.4, 0.5) is 0 Å². The first-order valence-electron chi connectivity index (χ1n) is 10.4. The van der Waals surface area contributed by atoms with Crippen LogP contribution in [0.15, 0.2) is 0 Å².